The molecule has 1 unspecified atom stereocenters. The summed E-state index contributed by atoms with van der Waals surface area (Å²) in [5.41, 5.74) is 0.114. The van der Waals surface area contributed by atoms with E-state index in [1.807, 2.05) is 20.8 Å². The summed E-state index contributed by atoms with van der Waals surface area (Å²) in [5, 5.41) is 2.92. The number of methoxy groups -OCH3 is 3. The van der Waals surface area contributed by atoms with Crippen molar-refractivity contribution in [1.82, 2.24) is 4.90 Å². The van der Waals surface area contributed by atoms with Crippen LogP contribution in [0.3, 0.4) is 0 Å². The van der Waals surface area contributed by atoms with Crippen molar-refractivity contribution in [2.75, 3.05) is 39.7 Å². The number of nitrogens with one attached hydrogen (secondary N) is 1. The van der Waals surface area contributed by atoms with E-state index in [2.05, 4.69) is 5.32 Å². The van der Waals surface area contributed by atoms with Crippen LogP contribution in [0, 0.1) is 11.3 Å². The Bertz CT molecular complexity index is 671. The minimum Gasteiger partial charge on any atom is -0.493 e. The average molecular weight is 378 g/mol. The Labute approximate surface area is 161 Å². The van der Waals surface area contributed by atoms with Gasteiger partial charge in [-0.2, -0.15) is 0 Å². The molecule has 1 heterocycles. The Kier molecular flexibility index (Phi) is 6.57. The van der Waals surface area contributed by atoms with Crippen molar-refractivity contribution in [1.29, 1.82) is 0 Å². The van der Waals surface area contributed by atoms with Gasteiger partial charge in [-0.3, -0.25) is 9.59 Å². The van der Waals surface area contributed by atoms with E-state index >= 15 is 0 Å². The first-order valence-corrected chi connectivity index (χ1v) is 9.11. The number of piperidine rings is 1. The number of rotatable bonds is 5. The molecule has 1 fully saturated rings. The number of carbonyl (C=O) groups excluding carboxylic acids is 2. The van der Waals surface area contributed by atoms with Gasteiger partial charge < -0.3 is 24.4 Å². The molecule has 1 atom stereocenters. The molecule has 2 rings (SSSR count). The first kappa shape index (κ1) is 20.9. The van der Waals surface area contributed by atoms with Gasteiger partial charge in [-0.05, 0) is 12.8 Å². The van der Waals surface area contributed by atoms with E-state index < -0.39 is 5.41 Å². The van der Waals surface area contributed by atoms with Crippen LogP contribution >= 0.6 is 0 Å². The zero-order chi connectivity index (χ0) is 20.2. The molecular weight excluding hydrogens is 348 g/mol. The van der Waals surface area contributed by atoms with E-state index in [-0.39, 0.29) is 17.7 Å². The highest BCUT2D eigenvalue weighted by atomic mass is 16.5. The zero-order valence-electron chi connectivity index (χ0n) is 17.0. The van der Waals surface area contributed by atoms with Gasteiger partial charge in [0.05, 0.1) is 27.2 Å². The quantitative estimate of drug-likeness (QED) is 0.852. The number of carbonyl (C=O) groups is 2. The summed E-state index contributed by atoms with van der Waals surface area (Å²) in [6.07, 6.45) is 1.57. The van der Waals surface area contributed by atoms with Crippen LogP contribution in [0.5, 0.6) is 17.2 Å². The Morgan fingerprint density at radius 2 is 1.67 bits per heavy atom. The van der Waals surface area contributed by atoms with Crippen LogP contribution in [0.4, 0.5) is 5.69 Å². The number of anilines is 1. The molecule has 27 heavy (non-hydrogen) atoms. The van der Waals surface area contributed by atoms with Crippen molar-refractivity contribution in [2.24, 2.45) is 11.3 Å². The molecule has 150 valence electrons. The van der Waals surface area contributed by atoms with Gasteiger partial charge in [0.2, 0.25) is 17.6 Å². The zero-order valence-corrected chi connectivity index (χ0v) is 17.0. The van der Waals surface area contributed by atoms with Crippen LogP contribution in [0.25, 0.3) is 0 Å². The van der Waals surface area contributed by atoms with Crippen LogP contribution in [-0.2, 0) is 9.59 Å². The average Bonchev–Trinajstić information content (AvgIpc) is 2.65. The molecular formula is C20H30N2O5. The molecule has 0 aliphatic carbocycles. The van der Waals surface area contributed by atoms with Crippen LogP contribution < -0.4 is 19.5 Å². The van der Waals surface area contributed by atoms with Crippen molar-refractivity contribution in [3.8, 4) is 17.2 Å². The summed E-state index contributed by atoms with van der Waals surface area (Å²) in [6.45, 7) is 6.83. The lowest BCUT2D eigenvalue weighted by Crippen LogP contribution is -2.47. The molecule has 1 aromatic carbocycles. The Morgan fingerprint density at radius 1 is 1.07 bits per heavy atom. The molecule has 1 aliphatic rings. The Hall–Kier alpha value is -2.44. The van der Waals surface area contributed by atoms with Gasteiger partial charge in [0.15, 0.2) is 11.5 Å². The molecule has 1 N–H and O–H groups in total. The predicted octanol–water partition coefficient (Wildman–Crippen LogP) is 2.94. The summed E-state index contributed by atoms with van der Waals surface area (Å²) >= 11 is 0. The summed E-state index contributed by atoms with van der Waals surface area (Å²) in [5.74, 6) is 1.13. The van der Waals surface area contributed by atoms with Crippen LogP contribution in [0.1, 0.15) is 33.6 Å². The third-order valence-corrected chi connectivity index (χ3v) is 4.65. The van der Waals surface area contributed by atoms with Crippen LogP contribution in [0.2, 0.25) is 0 Å². The number of amides is 2. The highest BCUT2D eigenvalue weighted by molar-refractivity contribution is 5.94. The lowest BCUT2D eigenvalue weighted by molar-refractivity contribution is -0.142. The number of ether oxygens (including phenoxy) is 3. The monoisotopic (exact) mass is 378 g/mol. The standard InChI is InChI=1S/C20H30N2O5/c1-20(2,3)19(24)22-9-7-8-13(12-22)18(23)21-14-10-15(25-4)17(27-6)16(11-14)26-5/h10-11,13H,7-9,12H2,1-6H3,(H,21,23). The van der Waals surface area contributed by atoms with Crippen molar-refractivity contribution in [2.45, 2.75) is 33.6 Å². The van der Waals surface area contributed by atoms with Gasteiger partial charge >= 0.3 is 0 Å². The van der Waals surface area contributed by atoms with E-state index in [1.54, 1.807) is 17.0 Å². The normalized spacial score (nSPS) is 17.3. The number of nitrogens with zero attached hydrogens (tertiary/aromatic N) is 1. The summed E-state index contributed by atoms with van der Waals surface area (Å²) < 4.78 is 15.9. The highest BCUT2D eigenvalue weighted by Crippen LogP contribution is 2.40. The molecule has 7 nitrogen and oxygen atoms in total. The van der Waals surface area contributed by atoms with Crippen molar-refractivity contribution < 1.29 is 23.8 Å². The minimum atomic E-state index is -0.449. The maximum Gasteiger partial charge on any atom is 0.229 e. The van der Waals surface area contributed by atoms with Gasteiger partial charge in [0.25, 0.3) is 0 Å². The highest BCUT2D eigenvalue weighted by Gasteiger charge is 2.33. The topological polar surface area (TPSA) is 77.1 Å². The Balaban J connectivity index is 2.14. The van der Waals surface area contributed by atoms with Crippen molar-refractivity contribution >= 4 is 17.5 Å². The second kappa shape index (κ2) is 8.50. The molecule has 7 heteroatoms. The van der Waals surface area contributed by atoms with Crippen LogP contribution in [-0.4, -0.2) is 51.1 Å². The molecule has 0 saturated carbocycles. The van der Waals surface area contributed by atoms with Gasteiger partial charge in [-0.1, -0.05) is 20.8 Å². The molecule has 0 aromatic heterocycles. The number of hydrogen-bond acceptors (Lipinski definition) is 5. The fraction of sp³-hybridized carbons (Fsp3) is 0.600. The maximum atomic E-state index is 12.8. The molecule has 2 amide bonds. The first-order chi connectivity index (χ1) is 12.7. The molecule has 0 bridgehead atoms. The maximum absolute atomic E-state index is 12.8. The molecule has 1 aromatic rings. The number of benzene rings is 1. The largest absolute Gasteiger partial charge is 0.493 e. The lowest BCUT2D eigenvalue weighted by atomic mass is 9.91. The smallest absolute Gasteiger partial charge is 0.229 e. The second-order valence-corrected chi connectivity index (χ2v) is 7.74. The summed E-state index contributed by atoms with van der Waals surface area (Å²) in [7, 11) is 4.58. The van der Waals surface area contributed by atoms with Gasteiger partial charge in [0, 0.05) is 36.3 Å². The Morgan fingerprint density at radius 3 is 2.15 bits per heavy atom. The molecule has 1 aliphatic heterocycles. The van der Waals surface area contributed by atoms with Crippen molar-refractivity contribution in [3.63, 3.8) is 0 Å². The summed E-state index contributed by atoms with van der Waals surface area (Å²) in [4.78, 5) is 27.1. The molecule has 1 saturated heterocycles. The lowest BCUT2D eigenvalue weighted by Gasteiger charge is -2.35. The fourth-order valence-electron chi connectivity index (χ4n) is 3.25. The van der Waals surface area contributed by atoms with E-state index in [0.717, 1.165) is 12.8 Å². The van der Waals surface area contributed by atoms with E-state index in [9.17, 15) is 9.59 Å². The number of hydrogen-bond donors (Lipinski definition) is 1. The van der Waals surface area contributed by atoms with Gasteiger partial charge in [-0.25, -0.2) is 0 Å². The SMILES string of the molecule is COc1cc(NC(=O)C2CCCN(C(=O)C(C)(C)C)C2)cc(OC)c1OC. The summed E-state index contributed by atoms with van der Waals surface area (Å²) in [6, 6.07) is 3.39. The second-order valence-electron chi connectivity index (χ2n) is 7.74. The predicted molar refractivity (Wildman–Crippen MR) is 103 cm³/mol. The van der Waals surface area contributed by atoms with Gasteiger partial charge in [-0.15, -0.1) is 0 Å². The first-order valence-electron chi connectivity index (χ1n) is 9.11. The van der Waals surface area contributed by atoms with E-state index in [0.29, 0.717) is 36.0 Å². The van der Waals surface area contributed by atoms with Gasteiger partial charge in [0.1, 0.15) is 0 Å². The van der Waals surface area contributed by atoms with Crippen molar-refractivity contribution in [3.05, 3.63) is 12.1 Å². The molecule has 0 radical (unpaired) electrons. The van der Waals surface area contributed by atoms with E-state index in [1.165, 1.54) is 21.3 Å². The minimum absolute atomic E-state index is 0.0767. The fourth-order valence-corrected chi connectivity index (χ4v) is 3.25. The van der Waals surface area contributed by atoms with E-state index in [4.69, 9.17) is 14.2 Å². The third kappa shape index (κ3) is 4.84. The molecule has 0 spiro atoms. The number of likely N-dealkylation sites (tertiary alicyclic amines) is 1. The third-order valence-electron chi connectivity index (χ3n) is 4.65. The van der Waals surface area contributed by atoms with Crippen LogP contribution in [0.15, 0.2) is 12.1 Å².